The largest absolute Gasteiger partial charge is 0.462 e. The Balaban J connectivity index is 4.17. The van der Waals surface area contributed by atoms with Crippen molar-refractivity contribution >= 4 is 17.9 Å². The summed E-state index contributed by atoms with van der Waals surface area (Å²) < 4.78 is 16.7. The van der Waals surface area contributed by atoms with Crippen molar-refractivity contribution in [3.05, 3.63) is 0 Å². The van der Waals surface area contributed by atoms with Crippen LogP contribution in [0.25, 0.3) is 0 Å². The molecule has 0 aromatic carbocycles. The molecule has 0 amide bonds. The Bertz CT molecular complexity index is 798. The van der Waals surface area contributed by atoms with Crippen molar-refractivity contribution in [2.45, 2.75) is 277 Å². The molecular weight excluding hydrogens is 673 g/mol. The highest BCUT2D eigenvalue weighted by Crippen LogP contribution is 2.16. The number of hydrogen-bond acceptors (Lipinski definition) is 6. The number of ether oxygens (including phenoxy) is 3. The predicted molar refractivity (Wildman–Crippen MR) is 229 cm³/mol. The Hall–Kier alpha value is -1.59. The summed E-state index contributed by atoms with van der Waals surface area (Å²) in [5.41, 5.74) is 0. The standard InChI is InChI=1S/C48H92O6/c1-4-7-10-13-16-18-20-21-22-23-24-25-26-28-29-32-35-38-41-47(50)53-44-45(43-52-46(49)40-37-34-31-15-12-9-6-3)54-48(51)42-39-36-33-30-27-19-17-14-11-8-5-2/h45H,4-44H2,1-3H3/t45-/m1/s1. The minimum atomic E-state index is -0.757. The molecule has 0 aliphatic heterocycles. The van der Waals surface area contributed by atoms with Gasteiger partial charge in [-0.15, -0.1) is 0 Å². The maximum Gasteiger partial charge on any atom is 0.306 e. The van der Waals surface area contributed by atoms with Gasteiger partial charge in [-0.3, -0.25) is 14.4 Å². The van der Waals surface area contributed by atoms with E-state index in [9.17, 15) is 14.4 Å². The first kappa shape index (κ1) is 52.4. The molecule has 0 saturated carbocycles. The van der Waals surface area contributed by atoms with Gasteiger partial charge < -0.3 is 14.2 Å². The normalized spacial score (nSPS) is 11.8. The third kappa shape index (κ3) is 41.6. The molecule has 0 unspecified atom stereocenters. The van der Waals surface area contributed by atoms with Gasteiger partial charge in [-0.2, -0.15) is 0 Å². The second-order valence-corrected chi connectivity index (χ2v) is 16.4. The minimum absolute atomic E-state index is 0.0629. The summed E-state index contributed by atoms with van der Waals surface area (Å²) in [4.78, 5) is 37.6. The second-order valence-electron chi connectivity index (χ2n) is 16.4. The lowest BCUT2D eigenvalue weighted by Crippen LogP contribution is -2.30. The van der Waals surface area contributed by atoms with Crippen molar-refractivity contribution in [3.63, 3.8) is 0 Å². The van der Waals surface area contributed by atoms with E-state index in [-0.39, 0.29) is 31.1 Å². The number of rotatable bonds is 44. The van der Waals surface area contributed by atoms with Gasteiger partial charge in [-0.1, -0.05) is 233 Å². The van der Waals surface area contributed by atoms with E-state index in [1.165, 1.54) is 173 Å². The summed E-state index contributed by atoms with van der Waals surface area (Å²) in [7, 11) is 0. The van der Waals surface area contributed by atoms with Crippen molar-refractivity contribution in [2.24, 2.45) is 0 Å². The maximum absolute atomic E-state index is 12.7. The highest BCUT2D eigenvalue weighted by atomic mass is 16.6. The minimum Gasteiger partial charge on any atom is -0.462 e. The first-order valence-corrected chi connectivity index (χ1v) is 24.0. The topological polar surface area (TPSA) is 78.9 Å². The van der Waals surface area contributed by atoms with Crippen LogP contribution in [0, 0.1) is 0 Å². The molecule has 6 nitrogen and oxygen atoms in total. The van der Waals surface area contributed by atoms with Crippen LogP contribution in [0.2, 0.25) is 0 Å². The molecule has 0 saturated heterocycles. The molecule has 320 valence electrons. The Morgan fingerprint density at radius 1 is 0.296 bits per heavy atom. The van der Waals surface area contributed by atoms with E-state index in [1.807, 2.05) is 0 Å². The van der Waals surface area contributed by atoms with E-state index in [0.29, 0.717) is 19.3 Å². The Morgan fingerprint density at radius 2 is 0.500 bits per heavy atom. The summed E-state index contributed by atoms with van der Waals surface area (Å²) in [5.74, 6) is -0.856. The number of hydrogen-bond donors (Lipinski definition) is 0. The Kier molecular flexibility index (Phi) is 42.8. The van der Waals surface area contributed by atoms with Gasteiger partial charge in [-0.25, -0.2) is 0 Å². The fourth-order valence-electron chi connectivity index (χ4n) is 7.21. The van der Waals surface area contributed by atoms with Crippen molar-refractivity contribution < 1.29 is 28.6 Å². The van der Waals surface area contributed by atoms with E-state index >= 15 is 0 Å². The van der Waals surface area contributed by atoms with Crippen molar-refractivity contribution in [1.29, 1.82) is 0 Å². The van der Waals surface area contributed by atoms with Crippen LogP contribution in [0.3, 0.4) is 0 Å². The zero-order valence-electron chi connectivity index (χ0n) is 36.5. The summed E-state index contributed by atoms with van der Waals surface area (Å²) in [6.45, 7) is 6.62. The molecule has 0 bridgehead atoms. The lowest BCUT2D eigenvalue weighted by molar-refractivity contribution is -0.167. The highest BCUT2D eigenvalue weighted by molar-refractivity contribution is 5.71. The van der Waals surface area contributed by atoms with Crippen LogP contribution in [-0.4, -0.2) is 37.2 Å². The zero-order valence-corrected chi connectivity index (χ0v) is 36.5. The number of carbonyl (C=O) groups is 3. The van der Waals surface area contributed by atoms with Gasteiger partial charge in [0.1, 0.15) is 13.2 Å². The molecular formula is C48H92O6. The van der Waals surface area contributed by atoms with Gasteiger partial charge in [0.25, 0.3) is 0 Å². The van der Waals surface area contributed by atoms with Gasteiger partial charge >= 0.3 is 17.9 Å². The zero-order chi connectivity index (χ0) is 39.4. The molecule has 0 rings (SSSR count). The van der Waals surface area contributed by atoms with Crippen LogP contribution in [-0.2, 0) is 28.6 Å². The lowest BCUT2D eigenvalue weighted by atomic mass is 10.0. The second kappa shape index (κ2) is 44.1. The summed E-state index contributed by atoms with van der Waals surface area (Å²) in [5, 5.41) is 0. The maximum atomic E-state index is 12.7. The van der Waals surface area contributed by atoms with Crippen LogP contribution < -0.4 is 0 Å². The molecule has 0 aliphatic rings. The van der Waals surface area contributed by atoms with Crippen LogP contribution >= 0.6 is 0 Å². The van der Waals surface area contributed by atoms with E-state index in [4.69, 9.17) is 14.2 Å². The van der Waals surface area contributed by atoms with Gasteiger partial charge in [0.05, 0.1) is 0 Å². The van der Waals surface area contributed by atoms with Crippen LogP contribution in [0.4, 0.5) is 0 Å². The molecule has 0 heterocycles. The van der Waals surface area contributed by atoms with E-state index in [0.717, 1.165) is 57.8 Å². The monoisotopic (exact) mass is 765 g/mol. The van der Waals surface area contributed by atoms with E-state index in [2.05, 4.69) is 20.8 Å². The van der Waals surface area contributed by atoms with Crippen LogP contribution in [0.15, 0.2) is 0 Å². The third-order valence-corrected chi connectivity index (χ3v) is 10.9. The lowest BCUT2D eigenvalue weighted by Gasteiger charge is -2.18. The van der Waals surface area contributed by atoms with Crippen LogP contribution in [0.5, 0.6) is 0 Å². The molecule has 0 aromatic heterocycles. The average molecular weight is 765 g/mol. The molecule has 0 aliphatic carbocycles. The summed E-state index contributed by atoms with van der Waals surface area (Å²) in [6, 6.07) is 0. The quantitative estimate of drug-likeness (QED) is 0.0349. The molecule has 6 heteroatoms. The fourth-order valence-corrected chi connectivity index (χ4v) is 7.21. The average Bonchev–Trinajstić information content (AvgIpc) is 3.17. The summed E-state index contributed by atoms with van der Waals surface area (Å²) >= 11 is 0. The highest BCUT2D eigenvalue weighted by Gasteiger charge is 2.19. The van der Waals surface area contributed by atoms with Gasteiger partial charge in [0.15, 0.2) is 6.10 Å². The molecule has 1 atom stereocenters. The number of carbonyl (C=O) groups excluding carboxylic acids is 3. The Morgan fingerprint density at radius 3 is 0.741 bits per heavy atom. The third-order valence-electron chi connectivity index (χ3n) is 10.9. The number of unbranched alkanes of at least 4 members (excludes halogenated alkanes) is 33. The van der Waals surface area contributed by atoms with Gasteiger partial charge in [0, 0.05) is 19.3 Å². The molecule has 0 N–H and O–H groups in total. The number of esters is 3. The molecule has 0 radical (unpaired) electrons. The van der Waals surface area contributed by atoms with E-state index in [1.54, 1.807) is 0 Å². The van der Waals surface area contributed by atoms with Gasteiger partial charge in [-0.05, 0) is 19.3 Å². The summed E-state index contributed by atoms with van der Waals surface area (Å²) in [6.07, 6.45) is 45.3. The molecule has 0 spiro atoms. The predicted octanol–water partition coefficient (Wildman–Crippen LogP) is 15.3. The first-order valence-electron chi connectivity index (χ1n) is 24.0. The smallest absolute Gasteiger partial charge is 0.306 e. The van der Waals surface area contributed by atoms with Gasteiger partial charge in [0.2, 0.25) is 0 Å². The molecule has 0 fully saturated rings. The fraction of sp³-hybridized carbons (Fsp3) is 0.938. The van der Waals surface area contributed by atoms with Crippen molar-refractivity contribution in [1.82, 2.24) is 0 Å². The molecule has 54 heavy (non-hydrogen) atoms. The van der Waals surface area contributed by atoms with Crippen LogP contribution in [0.1, 0.15) is 271 Å². The van der Waals surface area contributed by atoms with Crippen molar-refractivity contribution in [2.75, 3.05) is 13.2 Å². The SMILES string of the molecule is CCCCCCCCCCCCCCCCCCCCC(=O)OC[C@@H](COC(=O)CCCCCCCCC)OC(=O)CCCCCCCCCCCCC. The first-order chi connectivity index (χ1) is 26.5. The van der Waals surface area contributed by atoms with Crippen molar-refractivity contribution in [3.8, 4) is 0 Å². The van der Waals surface area contributed by atoms with E-state index < -0.39 is 6.10 Å². The Labute approximate surface area is 336 Å². The molecule has 0 aromatic rings.